The number of nitrogens with two attached hydrogens (primary N) is 1. The van der Waals surface area contributed by atoms with Gasteiger partial charge in [-0.15, -0.1) is 0 Å². The molecular weight excluding hydrogens is 366 g/mol. The zero-order valence-electron chi connectivity index (χ0n) is 15.7. The predicted molar refractivity (Wildman–Crippen MR) is 106 cm³/mol. The van der Waals surface area contributed by atoms with Crippen molar-refractivity contribution in [2.24, 2.45) is 5.73 Å². The van der Waals surface area contributed by atoms with Crippen LogP contribution in [0.2, 0.25) is 0 Å². The van der Waals surface area contributed by atoms with Crippen LogP contribution in [0.3, 0.4) is 0 Å². The van der Waals surface area contributed by atoms with Gasteiger partial charge in [0.2, 0.25) is 0 Å². The van der Waals surface area contributed by atoms with Crippen molar-refractivity contribution in [3.8, 4) is 5.75 Å². The molecule has 0 radical (unpaired) electrons. The van der Waals surface area contributed by atoms with Crippen LogP contribution >= 0.6 is 0 Å². The molecule has 3 N–H and O–H groups in total. The maximum Gasteiger partial charge on any atom is 0.264 e. The molecule has 0 fully saturated rings. The molecule has 0 aliphatic carbocycles. The van der Waals surface area contributed by atoms with Crippen molar-refractivity contribution in [1.82, 2.24) is 5.32 Å². The molecule has 0 aromatic heterocycles. The maximum absolute atomic E-state index is 12.9. The molecule has 146 valence electrons. The lowest BCUT2D eigenvalue weighted by Gasteiger charge is -2.21. The Morgan fingerprint density at radius 2 is 1.81 bits per heavy atom. The van der Waals surface area contributed by atoms with Crippen LogP contribution in [-0.4, -0.2) is 41.1 Å². The molecular formula is C19H25N3O4S. The number of sulfonamides is 1. The van der Waals surface area contributed by atoms with Crippen molar-refractivity contribution in [3.05, 3.63) is 54.1 Å². The highest BCUT2D eigenvalue weighted by Crippen LogP contribution is 2.30. The highest BCUT2D eigenvalue weighted by atomic mass is 32.2. The largest absolute Gasteiger partial charge is 0.495 e. The van der Waals surface area contributed by atoms with Gasteiger partial charge in [-0.3, -0.25) is 9.10 Å². The molecule has 7 nitrogen and oxygen atoms in total. The van der Waals surface area contributed by atoms with E-state index in [0.717, 1.165) is 4.31 Å². The van der Waals surface area contributed by atoms with Crippen LogP contribution in [0.5, 0.6) is 5.75 Å². The number of hydrogen-bond donors (Lipinski definition) is 2. The SMILES string of the molecule is COc1ccccc1N(C)S(=O)(=O)c1ccc(C(=O)NCCC(C)N)cc1. The zero-order valence-corrected chi connectivity index (χ0v) is 16.5. The Kier molecular flexibility index (Phi) is 6.81. The minimum Gasteiger partial charge on any atom is -0.495 e. The van der Waals surface area contributed by atoms with Gasteiger partial charge in [0.05, 0.1) is 17.7 Å². The van der Waals surface area contributed by atoms with Crippen LogP contribution in [0.1, 0.15) is 23.7 Å². The standard InChI is InChI=1S/C19H25N3O4S/c1-14(20)12-13-21-19(23)15-8-10-16(11-9-15)27(24,25)22(2)17-6-4-5-7-18(17)26-3/h4-11,14H,12-13,20H2,1-3H3,(H,21,23). The number of benzene rings is 2. The maximum atomic E-state index is 12.9. The van der Waals surface area contributed by atoms with Crippen molar-refractivity contribution in [3.63, 3.8) is 0 Å². The number of anilines is 1. The fourth-order valence-corrected chi connectivity index (χ4v) is 3.68. The third kappa shape index (κ3) is 4.99. The van der Waals surface area contributed by atoms with E-state index in [0.29, 0.717) is 30.0 Å². The van der Waals surface area contributed by atoms with Crippen molar-refractivity contribution in [2.75, 3.05) is 25.0 Å². The Hall–Kier alpha value is -2.58. The van der Waals surface area contributed by atoms with Crippen LogP contribution in [-0.2, 0) is 10.0 Å². The summed E-state index contributed by atoms with van der Waals surface area (Å²) in [5.74, 6) is 0.186. The number of methoxy groups -OCH3 is 1. The van der Waals surface area contributed by atoms with Crippen LogP contribution < -0.4 is 20.1 Å². The lowest BCUT2D eigenvalue weighted by Crippen LogP contribution is -2.29. The van der Waals surface area contributed by atoms with E-state index in [1.807, 2.05) is 6.92 Å². The Morgan fingerprint density at radius 3 is 2.41 bits per heavy atom. The van der Waals surface area contributed by atoms with Crippen molar-refractivity contribution in [2.45, 2.75) is 24.3 Å². The first-order chi connectivity index (χ1) is 12.8. The van der Waals surface area contributed by atoms with Gasteiger partial charge >= 0.3 is 0 Å². The first-order valence-electron chi connectivity index (χ1n) is 8.53. The first kappa shape index (κ1) is 20.7. The number of nitrogens with zero attached hydrogens (tertiary/aromatic N) is 1. The average molecular weight is 391 g/mol. The second-order valence-electron chi connectivity index (χ2n) is 6.19. The number of amides is 1. The summed E-state index contributed by atoms with van der Waals surface area (Å²) >= 11 is 0. The molecule has 0 saturated heterocycles. The smallest absolute Gasteiger partial charge is 0.264 e. The van der Waals surface area contributed by atoms with E-state index in [4.69, 9.17) is 10.5 Å². The molecule has 1 amide bonds. The summed E-state index contributed by atoms with van der Waals surface area (Å²) in [5.41, 5.74) is 6.47. The second-order valence-corrected chi connectivity index (χ2v) is 8.16. The first-order valence-corrected chi connectivity index (χ1v) is 9.97. The average Bonchev–Trinajstić information content (AvgIpc) is 2.67. The summed E-state index contributed by atoms with van der Waals surface area (Å²) in [6.45, 7) is 2.33. The van der Waals surface area contributed by atoms with E-state index >= 15 is 0 Å². The van der Waals surface area contributed by atoms with E-state index in [1.54, 1.807) is 24.3 Å². The quantitative estimate of drug-likeness (QED) is 0.716. The zero-order chi connectivity index (χ0) is 20.0. The fraction of sp³-hybridized carbons (Fsp3) is 0.316. The molecule has 0 aliphatic rings. The van der Waals surface area contributed by atoms with E-state index in [9.17, 15) is 13.2 Å². The summed E-state index contributed by atoms with van der Waals surface area (Å²) < 4.78 is 32.2. The molecule has 0 aliphatic heterocycles. The summed E-state index contributed by atoms with van der Waals surface area (Å²) in [7, 11) is -0.846. The van der Waals surface area contributed by atoms with Crippen LogP contribution in [0, 0.1) is 0 Å². The van der Waals surface area contributed by atoms with E-state index in [-0.39, 0.29) is 16.8 Å². The molecule has 0 heterocycles. The Bertz CT molecular complexity index is 880. The van der Waals surface area contributed by atoms with Crippen LogP contribution in [0.25, 0.3) is 0 Å². The monoisotopic (exact) mass is 391 g/mol. The topological polar surface area (TPSA) is 102 Å². The van der Waals surface area contributed by atoms with Crippen molar-refractivity contribution >= 4 is 21.6 Å². The normalized spacial score (nSPS) is 12.3. The van der Waals surface area contributed by atoms with Gasteiger partial charge in [0, 0.05) is 25.2 Å². The summed E-state index contributed by atoms with van der Waals surface area (Å²) in [5, 5.41) is 2.76. The van der Waals surface area contributed by atoms with Crippen molar-refractivity contribution < 1.29 is 17.9 Å². The van der Waals surface area contributed by atoms with E-state index in [1.165, 1.54) is 38.4 Å². The van der Waals surface area contributed by atoms with Crippen molar-refractivity contribution in [1.29, 1.82) is 0 Å². The minimum atomic E-state index is -3.79. The Labute approximate surface area is 160 Å². The van der Waals surface area contributed by atoms with Gasteiger partial charge in [-0.2, -0.15) is 0 Å². The lowest BCUT2D eigenvalue weighted by molar-refractivity contribution is 0.0952. The fourth-order valence-electron chi connectivity index (χ4n) is 2.47. The van der Waals surface area contributed by atoms with Gasteiger partial charge in [-0.05, 0) is 49.7 Å². The number of ether oxygens (including phenoxy) is 1. The minimum absolute atomic E-state index is 0.00309. The third-order valence-corrected chi connectivity index (χ3v) is 5.87. The number of para-hydroxylation sites is 2. The molecule has 27 heavy (non-hydrogen) atoms. The number of carbonyl (C=O) groups is 1. The second kappa shape index (κ2) is 8.88. The van der Waals surface area contributed by atoms with Gasteiger partial charge in [0.1, 0.15) is 5.75 Å². The summed E-state index contributed by atoms with van der Waals surface area (Å²) in [4.78, 5) is 12.2. The van der Waals surface area contributed by atoms with E-state index in [2.05, 4.69) is 5.32 Å². The molecule has 0 bridgehead atoms. The molecule has 2 rings (SSSR count). The number of nitrogens with one attached hydrogen (secondary N) is 1. The molecule has 8 heteroatoms. The molecule has 0 saturated carbocycles. The van der Waals surface area contributed by atoms with Gasteiger partial charge < -0.3 is 15.8 Å². The Morgan fingerprint density at radius 1 is 1.19 bits per heavy atom. The lowest BCUT2D eigenvalue weighted by atomic mass is 10.2. The summed E-state index contributed by atoms with van der Waals surface area (Å²) in [6.07, 6.45) is 0.669. The van der Waals surface area contributed by atoms with Gasteiger partial charge in [-0.1, -0.05) is 12.1 Å². The molecule has 1 unspecified atom stereocenters. The number of hydrogen-bond acceptors (Lipinski definition) is 5. The number of carbonyl (C=O) groups excluding carboxylic acids is 1. The molecule has 2 aromatic carbocycles. The number of rotatable bonds is 8. The molecule has 1 atom stereocenters. The summed E-state index contributed by atoms with van der Waals surface area (Å²) in [6, 6.07) is 12.7. The van der Waals surface area contributed by atoms with Gasteiger partial charge in [-0.25, -0.2) is 8.42 Å². The van der Waals surface area contributed by atoms with E-state index < -0.39 is 10.0 Å². The third-order valence-electron chi connectivity index (χ3n) is 4.08. The predicted octanol–water partition coefficient (Wildman–Crippen LogP) is 1.99. The van der Waals surface area contributed by atoms with Crippen LogP contribution in [0.15, 0.2) is 53.4 Å². The molecule has 0 spiro atoms. The Balaban J connectivity index is 2.18. The highest BCUT2D eigenvalue weighted by molar-refractivity contribution is 7.92. The van der Waals surface area contributed by atoms with Gasteiger partial charge in [0.25, 0.3) is 15.9 Å². The van der Waals surface area contributed by atoms with Gasteiger partial charge in [0.15, 0.2) is 0 Å². The molecule has 2 aromatic rings. The van der Waals surface area contributed by atoms with Crippen LogP contribution in [0.4, 0.5) is 5.69 Å². The highest BCUT2D eigenvalue weighted by Gasteiger charge is 2.23.